The third kappa shape index (κ3) is 2.66. The zero-order chi connectivity index (χ0) is 10.1. The lowest BCUT2D eigenvalue weighted by molar-refractivity contribution is -0.0150. The highest BCUT2D eigenvalue weighted by molar-refractivity contribution is 4.88. The molecule has 3 nitrogen and oxygen atoms in total. The van der Waals surface area contributed by atoms with Crippen molar-refractivity contribution >= 4 is 0 Å². The zero-order valence-corrected chi connectivity index (χ0v) is 9.21. The summed E-state index contributed by atoms with van der Waals surface area (Å²) >= 11 is 0. The minimum absolute atomic E-state index is 0.202. The van der Waals surface area contributed by atoms with E-state index < -0.39 is 0 Å². The van der Waals surface area contributed by atoms with Gasteiger partial charge in [0.1, 0.15) is 0 Å². The van der Waals surface area contributed by atoms with Crippen LogP contribution in [0.2, 0.25) is 0 Å². The van der Waals surface area contributed by atoms with Crippen molar-refractivity contribution in [3.8, 4) is 0 Å². The molecule has 0 aromatic rings. The Labute approximate surface area is 81.2 Å². The van der Waals surface area contributed by atoms with Crippen LogP contribution in [0, 0.1) is 0 Å². The van der Waals surface area contributed by atoms with E-state index >= 15 is 0 Å². The molecule has 1 rings (SSSR count). The van der Waals surface area contributed by atoms with E-state index in [1.807, 2.05) is 0 Å². The number of nitrogens with two attached hydrogens (primary N) is 1. The molecule has 2 atom stereocenters. The molecule has 1 heterocycles. The van der Waals surface area contributed by atoms with E-state index in [1.165, 1.54) is 0 Å². The van der Waals surface area contributed by atoms with Crippen molar-refractivity contribution in [2.24, 2.45) is 5.73 Å². The van der Waals surface area contributed by atoms with Gasteiger partial charge in [0.2, 0.25) is 0 Å². The molecular weight excluding hydrogens is 164 g/mol. The molecule has 0 saturated carbocycles. The van der Waals surface area contributed by atoms with Crippen molar-refractivity contribution in [2.45, 2.75) is 44.9 Å². The van der Waals surface area contributed by atoms with Crippen molar-refractivity contribution in [3.63, 3.8) is 0 Å². The molecule has 13 heavy (non-hydrogen) atoms. The second-order valence-electron chi connectivity index (χ2n) is 4.84. The number of methoxy groups -OCH3 is 1. The third-order valence-corrected chi connectivity index (χ3v) is 2.86. The Morgan fingerprint density at radius 1 is 1.38 bits per heavy atom. The van der Waals surface area contributed by atoms with E-state index in [0.717, 1.165) is 19.5 Å². The summed E-state index contributed by atoms with van der Waals surface area (Å²) in [5, 5.41) is 0. The van der Waals surface area contributed by atoms with Gasteiger partial charge in [0, 0.05) is 31.8 Å². The van der Waals surface area contributed by atoms with E-state index in [9.17, 15) is 0 Å². The Morgan fingerprint density at radius 2 is 2.00 bits per heavy atom. The lowest BCUT2D eigenvalue weighted by Gasteiger charge is -2.43. The van der Waals surface area contributed by atoms with Crippen LogP contribution < -0.4 is 5.73 Å². The number of piperidine rings is 1. The summed E-state index contributed by atoms with van der Waals surface area (Å²) in [6, 6.07) is 0.212. The van der Waals surface area contributed by atoms with Gasteiger partial charge in [0.25, 0.3) is 0 Å². The highest BCUT2D eigenvalue weighted by Crippen LogP contribution is 2.20. The molecule has 0 amide bonds. The van der Waals surface area contributed by atoms with Crippen molar-refractivity contribution in [1.29, 1.82) is 0 Å². The second-order valence-corrected chi connectivity index (χ2v) is 4.84. The van der Waals surface area contributed by atoms with Crippen LogP contribution >= 0.6 is 0 Å². The van der Waals surface area contributed by atoms with Crippen LogP contribution in [-0.2, 0) is 4.74 Å². The van der Waals surface area contributed by atoms with Crippen molar-refractivity contribution in [1.82, 2.24) is 4.90 Å². The standard InChI is InChI=1S/C10H22N2O/c1-10(2,3)12-6-5-8(11)9(7-12)13-4/h8-9H,5-7,11H2,1-4H3/t8-,9-/m1/s1. The highest BCUT2D eigenvalue weighted by Gasteiger charge is 2.31. The van der Waals surface area contributed by atoms with Gasteiger partial charge in [-0.05, 0) is 27.2 Å². The summed E-state index contributed by atoms with van der Waals surface area (Å²) < 4.78 is 5.36. The number of likely N-dealkylation sites (tertiary alicyclic amines) is 1. The van der Waals surface area contributed by atoms with Crippen LogP contribution in [0.3, 0.4) is 0 Å². The molecule has 0 spiro atoms. The van der Waals surface area contributed by atoms with Crippen LogP contribution in [0.1, 0.15) is 27.2 Å². The molecule has 3 heteroatoms. The van der Waals surface area contributed by atoms with Gasteiger partial charge < -0.3 is 10.5 Å². The Kier molecular flexibility index (Phi) is 3.33. The lowest BCUT2D eigenvalue weighted by atomic mass is 9.96. The molecule has 1 fully saturated rings. The topological polar surface area (TPSA) is 38.5 Å². The number of hydrogen-bond acceptors (Lipinski definition) is 3. The molecule has 0 bridgehead atoms. The predicted molar refractivity (Wildman–Crippen MR) is 54.7 cm³/mol. The average Bonchev–Trinajstić information content (AvgIpc) is 2.03. The van der Waals surface area contributed by atoms with Crippen LogP contribution in [0.15, 0.2) is 0 Å². The number of hydrogen-bond donors (Lipinski definition) is 1. The Hall–Kier alpha value is -0.120. The summed E-state index contributed by atoms with van der Waals surface area (Å²) in [5.74, 6) is 0. The molecule has 2 N–H and O–H groups in total. The first-order valence-electron chi connectivity index (χ1n) is 4.98. The van der Waals surface area contributed by atoms with E-state index in [2.05, 4.69) is 25.7 Å². The van der Waals surface area contributed by atoms with Crippen LogP contribution in [0.4, 0.5) is 0 Å². The first-order valence-corrected chi connectivity index (χ1v) is 4.98. The molecule has 1 aliphatic heterocycles. The van der Waals surface area contributed by atoms with Gasteiger partial charge in [-0.2, -0.15) is 0 Å². The minimum Gasteiger partial charge on any atom is -0.379 e. The van der Waals surface area contributed by atoms with E-state index in [1.54, 1.807) is 7.11 Å². The monoisotopic (exact) mass is 186 g/mol. The van der Waals surface area contributed by atoms with Crippen LogP contribution in [0.5, 0.6) is 0 Å². The normalized spacial score (nSPS) is 32.1. The smallest absolute Gasteiger partial charge is 0.0849 e. The fourth-order valence-corrected chi connectivity index (χ4v) is 1.79. The first-order chi connectivity index (χ1) is 5.95. The second kappa shape index (κ2) is 3.95. The Balaban J connectivity index is 2.55. The Morgan fingerprint density at radius 3 is 2.46 bits per heavy atom. The molecule has 78 valence electrons. The molecule has 0 radical (unpaired) electrons. The zero-order valence-electron chi connectivity index (χ0n) is 9.21. The van der Waals surface area contributed by atoms with Gasteiger partial charge in [-0.25, -0.2) is 0 Å². The lowest BCUT2D eigenvalue weighted by Crippen LogP contribution is -2.56. The van der Waals surface area contributed by atoms with E-state index in [4.69, 9.17) is 10.5 Å². The fourth-order valence-electron chi connectivity index (χ4n) is 1.79. The molecular formula is C10H22N2O. The third-order valence-electron chi connectivity index (χ3n) is 2.86. The van der Waals surface area contributed by atoms with Crippen LogP contribution in [-0.4, -0.2) is 42.8 Å². The largest absolute Gasteiger partial charge is 0.379 e. The summed E-state index contributed by atoms with van der Waals surface area (Å²) in [6.07, 6.45) is 1.24. The maximum Gasteiger partial charge on any atom is 0.0849 e. The highest BCUT2D eigenvalue weighted by atomic mass is 16.5. The summed E-state index contributed by atoms with van der Waals surface area (Å²) in [5.41, 5.74) is 6.18. The molecule has 1 aliphatic rings. The molecule has 0 aliphatic carbocycles. The van der Waals surface area contributed by atoms with Gasteiger partial charge in [-0.1, -0.05) is 0 Å². The van der Waals surface area contributed by atoms with E-state index in [-0.39, 0.29) is 17.7 Å². The van der Waals surface area contributed by atoms with Gasteiger partial charge in [0.15, 0.2) is 0 Å². The molecule has 1 saturated heterocycles. The summed E-state index contributed by atoms with van der Waals surface area (Å²) in [4.78, 5) is 2.44. The van der Waals surface area contributed by atoms with Gasteiger partial charge in [0.05, 0.1) is 6.10 Å². The molecule has 0 aromatic carbocycles. The SMILES string of the molecule is CO[C@@H]1CN(C(C)(C)C)CC[C@H]1N. The predicted octanol–water partition coefficient (Wildman–Crippen LogP) is 0.833. The number of nitrogens with zero attached hydrogens (tertiary/aromatic N) is 1. The van der Waals surface area contributed by atoms with E-state index in [0.29, 0.717) is 0 Å². The Bertz CT molecular complexity index is 165. The maximum atomic E-state index is 5.94. The van der Waals surface area contributed by atoms with Crippen LogP contribution in [0.25, 0.3) is 0 Å². The van der Waals surface area contributed by atoms with Crippen molar-refractivity contribution < 1.29 is 4.74 Å². The van der Waals surface area contributed by atoms with Crippen molar-refractivity contribution in [2.75, 3.05) is 20.2 Å². The summed E-state index contributed by atoms with van der Waals surface area (Å²) in [6.45, 7) is 8.75. The quantitative estimate of drug-likeness (QED) is 0.659. The number of rotatable bonds is 1. The number of ether oxygens (including phenoxy) is 1. The fraction of sp³-hybridized carbons (Fsp3) is 1.00. The van der Waals surface area contributed by atoms with Crippen molar-refractivity contribution in [3.05, 3.63) is 0 Å². The minimum atomic E-state index is 0.202. The van der Waals surface area contributed by atoms with Gasteiger partial charge in [-0.3, -0.25) is 4.90 Å². The maximum absolute atomic E-state index is 5.94. The molecule has 0 unspecified atom stereocenters. The van der Waals surface area contributed by atoms with Gasteiger partial charge in [-0.15, -0.1) is 0 Å². The molecule has 0 aromatic heterocycles. The summed E-state index contributed by atoms with van der Waals surface area (Å²) in [7, 11) is 1.75. The first kappa shape index (κ1) is 11.0. The average molecular weight is 186 g/mol. The van der Waals surface area contributed by atoms with Gasteiger partial charge >= 0.3 is 0 Å².